The van der Waals surface area contributed by atoms with Gasteiger partial charge in [-0.3, -0.25) is 4.90 Å². The number of alkyl carbamates (subject to hydrolysis) is 1. The van der Waals surface area contributed by atoms with Gasteiger partial charge in [-0.1, -0.05) is 43.7 Å². The van der Waals surface area contributed by atoms with Crippen molar-refractivity contribution in [1.29, 1.82) is 0 Å². The SMILES string of the molecule is CCCCN(C(=O)O[SiH](C)C)[C@@H](CCCCNC(=O)OCc1ccccc1)C(=O)OC. The van der Waals surface area contributed by atoms with E-state index in [1.807, 2.05) is 50.3 Å². The molecule has 0 aromatic heterocycles. The van der Waals surface area contributed by atoms with Gasteiger partial charge in [-0.05, 0) is 44.3 Å². The second-order valence-electron chi connectivity index (χ2n) is 7.50. The highest BCUT2D eigenvalue weighted by atomic mass is 28.3. The Morgan fingerprint density at radius 2 is 1.81 bits per heavy atom. The molecule has 1 N–H and O–H groups in total. The first-order valence-corrected chi connectivity index (χ1v) is 13.7. The number of carbonyl (C=O) groups is 3. The van der Waals surface area contributed by atoms with Crippen LogP contribution in [0.2, 0.25) is 13.1 Å². The third kappa shape index (κ3) is 10.9. The number of methoxy groups -OCH3 is 1. The highest BCUT2D eigenvalue weighted by Gasteiger charge is 2.31. The average molecular weight is 453 g/mol. The van der Waals surface area contributed by atoms with Gasteiger partial charge in [0.15, 0.2) is 0 Å². The number of esters is 1. The second kappa shape index (κ2) is 15.3. The van der Waals surface area contributed by atoms with Crippen molar-refractivity contribution < 1.29 is 28.3 Å². The van der Waals surface area contributed by atoms with E-state index in [9.17, 15) is 14.4 Å². The summed E-state index contributed by atoms with van der Waals surface area (Å²) in [7, 11) is -0.265. The van der Waals surface area contributed by atoms with Crippen molar-refractivity contribution in [2.24, 2.45) is 0 Å². The molecule has 31 heavy (non-hydrogen) atoms. The zero-order valence-electron chi connectivity index (χ0n) is 19.1. The lowest BCUT2D eigenvalue weighted by Crippen LogP contribution is -2.47. The maximum atomic E-state index is 12.5. The van der Waals surface area contributed by atoms with Crippen molar-refractivity contribution in [2.45, 2.75) is 64.8 Å². The highest BCUT2D eigenvalue weighted by Crippen LogP contribution is 2.14. The number of benzene rings is 1. The van der Waals surface area contributed by atoms with Gasteiger partial charge in [0.25, 0.3) is 0 Å². The van der Waals surface area contributed by atoms with Crippen molar-refractivity contribution in [3.05, 3.63) is 35.9 Å². The molecule has 174 valence electrons. The van der Waals surface area contributed by atoms with E-state index in [0.29, 0.717) is 32.4 Å². The van der Waals surface area contributed by atoms with E-state index >= 15 is 0 Å². The summed E-state index contributed by atoms with van der Waals surface area (Å²) in [5.41, 5.74) is 0.919. The monoisotopic (exact) mass is 452 g/mol. The molecule has 1 atom stereocenters. The molecule has 0 bridgehead atoms. The van der Waals surface area contributed by atoms with E-state index in [2.05, 4.69) is 5.32 Å². The molecule has 0 fully saturated rings. The van der Waals surface area contributed by atoms with Crippen LogP contribution in [0.25, 0.3) is 0 Å². The minimum absolute atomic E-state index is 0.213. The zero-order chi connectivity index (χ0) is 23.1. The van der Waals surface area contributed by atoms with Crippen LogP contribution in [0.1, 0.15) is 44.6 Å². The first-order chi connectivity index (χ1) is 14.9. The van der Waals surface area contributed by atoms with Crippen LogP contribution in [0.4, 0.5) is 9.59 Å². The Kier molecular flexibility index (Phi) is 13.1. The predicted octanol–water partition coefficient (Wildman–Crippen LogP) is 3.85. The van der Waals surface area contributed by atoms with Gasteiger partial charge in [0, 0.05) is 13.1 Å². The normalized spacial score (nSPS) is 11.5. The van der Waals surface area contributed by atoms with Crippen molar-refractivity contribution >= 4 is 27.2 Å². The summed E-state index contributed by atoms with van der Waals surface area (Å²) in [6.07, 6.45) is 2.45. The van der Waals surface area contributed by atoms with Gasteiger partial charge < -0.3 is 19.2 Å². The largest absolute Gasteiger partial charge is 0.507 e. The fraction of sp³-hybridized carbons (Fsp3) is 0.591. The van der Waals surface area contributed by atoms with Crippen LogP contribution < -0.4 is 5.32 Å². The van der Waals surface area contributed by atoms with Gasteiger partial charge in [0.2, 0.25) is 9.04 Å². The maximum absolute atomic E-state index is 12.5. The number of hydrogen-bond acceptors (Lipinski definition) is 6. The topological polar surface area (TPSA) is 94.2 Å². The molecule has 8 nitrogen and oxygen atoms in total. The third-order valence-corrected chi connectivity index (χ3v) is 5.23. The average Bonchev–Trinajstić information content (AvgIpc) is 2.75. The number of amides is 2. The molecule has 0 spiro atoms. The molecule has 0 heterocycles. The Morgan fingerprint density at radius 1 is 1.10 bits per heavy atom. The summed E-state index contributed by atoms with van der Waals surface area (Å²) >= 11 is 0. The van der Waals surface area contributed by atoms with E-state index in [0.717, 1.165) is 18.4 Å². The predicted molar refractivity (Wildman–Crippen MR) is 121 cm³/mol. The summed E-state index contributed by atoms with van der Waals surface area (Å²) in [5.74, 6) is -0.450. The molecule has 0 unspecified atom stereocenters. The Labute approximate surface area is 187 Å². The van der Waals surface area contributed by atoms with Crippen molar-refractivity contribution in [3.8, 4) is 0 Å². The standard InChI is InChI=1S/C22H36N2O6Si/c1-5-6-16-24(22(27)30-31(3)4)19(20(25)28-2)14-10-11-15-23-21(26)29-17-18-12-8-7-9-13-18/h7-9,12-13,19,31H,5-6,10-11,14-17H2,1-4H3,(H,23,26)/t19-/m0/s1. The molecular weight excluding hydrogens is 416 g/mol. The van der Waals surface area contributed by atoms with E-state index in [-0.39, 0.29) is 6.61 Å². The van der Waals surface area contributed by atoms with Crippen molar-refractivity contribution in [2.75, 3.05) is 20.2 Å². The molecule has 1 rings (SSSR count). The van der Waals surface area contributed by atoms with Gasteiger partial charge >= 0.3 is 18.2 Å². The number of hydrogen-bond donors (Lipinski definition) is 1. The molecule has 0 saturated heterocycles. The molecule has 0 aliphatic heterocycles. The van der Waals surface area contributed by atoms with Crippen LogP contribution in [-0.4, -0.2) is 58.3 Å². The third-order valence-electron chi connectivity index (χ3n) is 4.56. The Morgan fingerprint density at radius 3 is 2.42 bits per heavy atom. The number of nitrogens with one attached hydrogen (secondary N) is 1. The molecule has 0 radical (unpaired) electrons. The Balaban J connectivity index is 2.48. The molecule has 0 saturated carbocycles. The molecular formula is C22H36N2O6Si. The van der Waals surface area contributed by atoms with E-state index in [1.165, 1.54) is 12.0 Å². The lowest BCUT2D eigenvalue weighted by atomic mass is 10.1. The van der Waals surface area contributed by atoms with Crippen LogP contribution in [0.15, 0.2) is 30.3 Å². The summed E-state index contributed by atoms with van der Waals surface area (Å²) in [6.45, 7) is 6.92. The highest BCUT2D eigenvalue weighted by molar-refractivity contribution is 6.50. The number of rotatable bonds is 13. The van der Waals surface area contributed by atoms with Crippen LogP contribution in [-0.2, 0) is 25.3 Å². The van der Waals surface area contributed by atoms with Crippen LogP contribution in [0.5, 0.6) is 0 Å². The minimum atomic E-state index is -1.58. The number of carbonyl (C=O) groups excluding carboxylic acids is 3. The van der Waals surface area contributed by atoms with E-state index in [1.54, 1.807) is 0 Å². The first-order valence-electron chi connectivity index (χ1n) is 10.9. The van der Waals surface area contributed by atoms with Gasteiger partial charge in [-0.15, -0.1) is 0 Å². The summed E-state index contributed by atoms with van der Waals surface area (Å²) in [4.78, 5) is 38.2. The fourth-order valence-electron chi connectivity index (χ4n) is 2.94. The molecule has 0 aliphatic rings. The minimum Gasteiger partial charge on any atom is -0.507 e. The first kappa shape index (κ1) is 26.5. The lowest BCUT2D eigenvalue weighted by Gasteiger charge is -2.30. The summed E-state index contributed by atoms with van der Waals surface area (Å²) in [5, 5.41) is 2.71. The fourth-order valence-corrected chi connectivity index (χ4v) is 3.48. The summed E-state index contributed by atoms with van der Waals surface area (Å²) < 4.78 is 15.6. The quantitative estimate of drug-likeness (QED) is 0.211. The summed E-state index contributed by atoms with van der Waals surface area (Å²) in [6, 6.07) is 8.75. The number of unbranched alkanes of at least 4 members (excludes halogenated alkanes) is 2. The van der Waals surface area contributed by atoms with Gasteiger partial charge in [-0.25, -0.2) is 14.4 Å². The van der Waals surface area contributed by atoms with Gasteiger partial charge in [-0.2, -0.15) is 0 Å². The lowest BCUT2D eigenvalue weighted by molar-refractivity contribution is -0.146. The van der Waals surface area contributed by atoms with Crippen LogP contribution in [0, 0.1) is 0 Å². The van der Waals surface area contributed by atoms with Crippen molar-refractivity contribution in [3.63, 3.8) is 0 Å². The Bertz CT molecular complexity index is 671. The second-order valence-corrected chi connectivity index (χ2v) is 9.84. The molecule has 0 aliphatic carbocycles. The van der Waals surface area contributed by atoms with E-state index < -0.39 is 33.2 Å². The van der Waals surface area contributed by atoms with Gasteiger partial charge in [0.05, 0.1) is 7.11 Å². The zero-order valence-corrected chi connectivity index (χ0v) is 20.2. The molecule has 9 heteroatoms. The maximum Gasteiger partial charge on any atom is 0.407 e. The van der Waals surface area contributed by atoms with Crippen LogP contribution >= 0.6 is 0 Å². The number of ether oxygens (including phenoxy) is 2. The van der Waals surface area contributed by atoms with E-state index in [4.69, 9.17) is 13.9 Å². The molecule has 1 aromatic carbocycles. The smallest absolute Gasteiger partial charge is 0.407 e. The molecule has 1 aromatic rings. The molecule has 2 amide bonds. The van der Waals surface area contributed by atoms with Crippen LogP contribution in [0.3, 0.4) is 0 Å². The number of nitrogens with zero attached hydrogens (tertiary/aromatic N) is 1. The Hall–Kier alpha value is -2.55. The van der Waals surface area contributed by atoms with Crippen molar-refractivity contribution in [1.82, 2.24) is 10.2 Å². The van der Waals surface area contributed by atoms with Gasteiger partial charge in [0.1, 0.15) is 12.6 Å².